The number of nitrogens with zero attached hydrogens (tertiary/aromatic N) is 1. The number of oxazole rings is 1. The molecule has 0 saturated carbocycles. The topological polar surface area (TPSA) is 112 Å². The standard InChI is InChI=1S/C10H10N2O5S2/c13-18(14)9-1-3-10(4-2-9)19(15,16)12-6-8-5-11-7-17-8/h1-5,7,12H,6H2,(H,13,14)/p-1. The van der Waals surface area contributed by atoms with Gasteiger partial charge >= 0.3 is 0 Å². The minimum atomic E-state index is -3.72. The van der Waals surface area contributed by atoms with Gasteiger partial charge in [0.25, 0.3) is 0 Å². The Labute approximate surface area is 112 Å². The van der Waals surface area contributed by atoms with E-state index in [9.17, 15) is 17.2 Å². The fourth-order valence-corrected chi connectivity index (χ4v) is 2.66. The Morgan fingerprint density at radius 3 is 2.53 bits per heavy atom. The maximum absolute atomic E-state index is 11.9. The molecule has 0 radical (unpaired) electrons. The lowest BCUT2D eigenvalue weighted by Crippen LogP contribution is -2.23. The Balaban J connectivity index is 2.13. The zero-order valence-corrected chi connectivity index (χ0v) is 11.1. The highest BCUT2D eigenvalue weighted by Crippen LogP contribution is 2.12. The van der Waals surface area contributed by atoms with E-state index in [1.807, 2.05) is 0 Å². The van der Waals surface area contributed by atoms with Crippen molar-refractivity contribution >= 4 is 21.1 Å². The van der Waals surface area contributed by atoms with Crippen molar-refractivity contribution in [3.63, 3.8) is 0 Å². The quantitative estimate of drug-likeness (QED) is 0.799. The normalized spacial score (nSPS) is 13.3. The largest absolute Gasteiger partial charge is 0.768 e. The first-order chi connectivity index (χ1) is 8.99. The van der Waals surface area contributed by atoms with Gasteiger partial charge in [0.2, 0.25) is 10.0 Å². The molecular formula is C10H9N2O5S2-. The molecule has 0 aliphatic heterocycles. The minimum Gasteiger partial charge on any atom is -0.768 e. The van der Waals surface area contributed by atoms with Crippen molar-refractivity contribution < 1.29 is 21.6 Å². The molecule has 0 saturated heterocycles. The van der Waals surface area contributed by atoms with Crippen LogP contribution in [0.2, 0.25) is 0 Å². The van der Waals surface area contributed by atoms with Crippen LogP contribution in [0, 0.1) is 0 Å². The fourth-order valence-electron chi connectivity index (χ4n) is 1.31. The molecule has 1 aromatic carbocycles. The van der Waals surface area contributed by atoms with Crippen LogP contribution in [-0.2, 0) is 27.6 Å². The first-order valence-corrected chi connectivity index (χ1v) is 7.61. The van der Waals surface area contributed by atoms with Gasteiger partial charge in [-0.3, -0.25) is 4.21 Å². The molecule has 0 fully saturated rings. The molecule has 19 heavy (non-hydrogen) atoms. The molecule has 1 unspecified atom stereocenters. The second-order valence-electron chi connectivity index (χ2n) is 3.50. The third kappa shape index (κ3) is 3.47. The molecule has 0 amide bonds. The zero-order valence-electron chi connectivity index (χ0n) is 9.48. The molecule has 1 aromatic heterocycles. The summed E-state index contributed by atoms with van der Waals surface area (Å²) in [6, 6.07) is 4.86. The predicted octanol–water partition coefficient (Wildman–Crippen LogP) is 0.391. The smallest absolute Gasteiger partial charge is 0.240 e. The Kier molecular flexibility index (Phi) is 4.10. The minimum absolute atomic E-state index is 0.0224. The van der Waals surface area contributed by atoms with E-state index in [1.165, 1.54) is 36.9 Å². The summed E-state index contributed by atoms with van der Waals surface area (Å²) in [5.74, 6) is 0.376. The lowest BCUT2D eigenvalue weighted by atomic mass is 10.4. The average Bonchev–Trinajstić information content (AvgIpc) is 2.90. The van der Waals surface area contributed by atoms with Gasteiger partial charge in [0.15, 0.2) is 6.39 Å². The monoisotopic (exact) mass is 301 g/mol. The summed E-state index contributed by atoms with van der Waals surface area (Å²) in [4.78, 5) is 3.65. The van der Waals surface area contributed by atoms with Crippen LogP contribution >= 0.6 is 0 Å². The highest BCUT2D eigenvalue weighted by atomic mass is 32.2. The second kappa shape index (κ2) is 5.61. The average molecular weight is 301 g/mol. The van der Waals surface area contributed by atoms with Gasteiger partial charge in [0.05, 0.1) is 17.6 Å². The molecule has 0 aliphatic rings. The van der Waals surface area contributed by atoms with Gasteiger partial charge in [-0.2, -0.15) is 0 Å². The number of sulfonamides is 1. The van der Waals surface area contributed by atoms with Crippen molar-refractivity contribution in [2.45, 2.75) is 16.3 Å². The van der Waals surface area contributed by atoms with Gasteiger partial charge in [0.1, 0.15) is 5.76 Å². The number of aromatic nitrogens is 1. The predicted molar refractivity (Wildman–Crippen MR) is 64.2 cm³/mol. The van der Waals surface area contributed by atoms with Crippen molar-refractivity contribution in [3.8, 4) is 0 Å². The number of rotatable bonds is 5. The highest BCUT2D eigenvalue weighted by Gasteiger charge is 2.14. The van der Waals surface area contributed by atoms with Gasteiger partial charge in [-0.1, -0.05) is 0 Å². The first-order valence-electron chi connectivity index (χ1n) is 5.05. The third-order valence-electron chi connectivity index (χ3n) is 2.25. The number of hydrogen-bond acceptors (Lipinski definition) is 6. The van der Waals surface area contributed by atoms with Crippen molar-refractivity contribution in [2.75, 3.05) is 0 Å². The molecule has 7 nitrogen and oxygen atoms in total. The summed E-state index contributed by atoms with van der Waals surface area (Å²) in [6.07, 6.45) is 2.59. The molecule has 1 atom stereocenters. The number of hydrogen-bond donors (Lipinski definition) is 1. The number of nitrogens with one attached hydrogen (secondary N) is 1. The van der Waals surface area contributed by atoms with Crippen molar-refractivity contribution in [2.24, 2.45) is 0 Å². The molecule has 9 heteroatoms. The Hall–Kier alpha value is -1.55. The molecule has 1 N–H and O–H groups in total. The van der Waals surface area contributed by atoms with Crippen LogP contribution in [0.3, 0.4) is 0 Å². The SMILES string of the molecule is O=S([O-])c1ccc(S(=O)(=O)NCc2cnco2)cc1. The Morgan fingerprint density at radius 2 is 2.00 bits per heavy atom. The molecule has 2 aromatic rings. The van der Waals surface area contributed by atoms with E-state index in [-0.39, 0.29) is 16.3 Å². The van der Waals surface area contributed by atoms with Gasteiger partial charge in [-0.15, -0.1) is 0 Å². The maximum Gasteiger partial charge on any atom is 0.240 e. The summed E-state index contributed by atoms with van der Waals surface area (Å²) in [5.41, 5.74) is 0. The van der Waals surface area contributed by atoms with E-state index in [2.05, 4.69) is 9.71 Å². The van der Waals surface area contributed by atoms with Crippen molar-refractivity contribution in [1.82, 2.24) is 9.71 Å². The lowest BCUT2D eigenvalue weighted by Gasteiger charge is -2.07. The summed E-state index contributed by atoms with van der Waals surface area (Å²) >= 11 is -2.38. The van der Waals surface area contributed by atoms with Crippen LogP contribution in [0.15, 0.2) is 51.1 Å². The second-order valence-corrected chi connectivity index (χ2v) is 6.21. The van der Waals surface area contributed by atoms with Crippen molar-refractivity contribution in [3.05, 3.63) is 42.6 Å². The summed E-state index contributed by atoms with van der Waals surface area (Å²) < 4.78 is 52.3. The van der Waals surface area contributed by atoms with Crippen LogP contribution in [0.25, 0.3) is 0 Å². The molecule has 1 heterocycles. The Bertz CT molecular complexity index is 664. The fraction of sp³-hybridized carbons (Fsp3) is 0.100. The summed E-state index contributed by atoms with van der Waals surface area (Å²) in [7, 11) is -3.72. The molecule has 0 bridgehead atoms. The number of benzene rings is 1. The maximum atomic E-state index is 11.9. The van der Waals surface area contributed by atoms with E-state index in [1.54, 1.807) is 0 Å². The first kappa shape index (κ1) is 13.9. The van der Waals surface area contributed by atoms with Gasteiger partial charge in [-0.25, -0.2) is 18.1 Å². The molecule has 102 valence electrons. The van der Waals surface area contributed by atoms with Gasteiger partial charge in [-0.05, 0) is 35.3 Å². The third-order valence-corrected chi connectivity index (χ3v) is 4.32. The van der Waals surface area contributed by atoms with Crippen LogP contribution in [-0.4, -0.2) is 22.2 Å². The van der Waals surface area contributed by atoms with Crippen LogP contribution in [0.1, 0.15) is 5.76 Å². The van der Waals surface area contributed by atoms with Crippen LogP contribution in [0.5, 0.6) is 0 Å². The molecule has 0 aliphatic carbocycles. The van der Waals surface area contributed by atoms with Crippen LogP contribution in [0.4, 0.5) is 0 Å². The molecular weight excluding hydrogens is 292 g/mol. The molecule has 2 rings (SSSR count). The van der Waals surface area contributed by atoms with Gasteiger partial charge < -0.3 is 8.97 Å². The van der Waals surface area contributed by atoms with Gasteiger partial charge in [0, 0.05) is 4.90 Å². The van der Waals surface area contributed by atoms with E-state index < -0.39 is 21.1 Å². The van der Waals surface area contributed by atoms with E-state index in [4.69, 9.17) is 4.42 Å². The summed E-state index contributed by atoms with van der Waals surface area (Å²) in [5, 5.41) is 0. The summed E-state index contributed by atoms with van der Waals surface area (Å²) in [6.45, 7) is -0.0302. The lowest BCUT2D eigenvalue weighted by molar-refractivity contribution is 0.494. The zero-order chi connectivity index (χ0) is 13.9. The highest BCUT2D eigenvalue weighted by molar-refractivity contribution is 7.89. The Morgan fingerprint density at radius 1 is 1.32 bits per heavy atom. The van der Waals surface area contributed by atoms with E-state index in [0.29, 0.717) is 5.76 Å². The molecule has 0 spiro atoms. The van der Waals surface area contributed by atoms with Crippen LogP contribution < -0.4 is 4.72 Å². The van der Waals surface area contributed by atoms with E-state index in [0.717, 1.165) is 0 Å². The van der Waals surface area contributed by atoms with E-state index >= 15 is 0 Å². The van der Waals surface area contributed by atoms with Crippen molar-refractivity contribution in [1.29, 1.82) is 0 Å².